The Morgan fingerprint density at radius 1 is 0.714 bits per heavy atom. The molecule has 0 amide bonds. The van der Waals surface area contributed by atoms with Crippen molar-refractivity contribution in [3.8, 4) is 5.75 Å². The molecule has 28 heavy (non-hydrogen) atoms. The van der Waals surface area contributed by atoms with E-state index in [-0.39, 0.29) is 0 Å². The molecule has 1 aromatic carbocycles. The van der Waals surface area contributed by atoms with Gasteiger partial charge in [-0.25, -0.2) is 0 Å². The number of unbranched alkanes of at least 4 members (excludes halogenated alkanes) is 3. The van der Waals surface area contributed by atoms with Crippen LogP contribution in [0.5, 0.6) is 5.75 Å². The van der Waals surface area contributed by atoms with E-state index < -0.39 is 0 Å². The lowest BCUT2D eigenvalue weighted by molar-refractivity contribution is 0.156. The molecule has 2 fully saturated rings. The summed E-state index contributed by atoms with van der Waals surface area (Å²) in [6, 6.07) is 9.08. The summed E-state index contributed by atoms with van der Waals surface area (Å²) in [4.78, 5) is 0. The largest absolute Gasteiger partial charge is 0.494 e. The number of rotatable bonds is 10. The molecule has 1 nitrogen and oxygen atoms in total. The Kier molecular flexibility index (Phi) is 9.22. The molecule has 0 saturated heterocycles. The third-order valence-corrected chi connectivity index (χ3v) is 7.64. The highest BCUT2D eigenvalue weighted by Gasteiger charge is 2.31. The van der Waals surface area contributed by atoms with Gasteiger partial charge in [0, 0.05) is 0 Å². The molecule has 0 aromatic heterocycles. The Balaban J connectivity index is 1.37. The van der Waals surface area contributed by atoms with Gasteiger partial charge in [0.2, 0.25) is 0 Å². The first kappa shape index (κ1) is 21.7. The highest BCUT2D eigenvalue weighted by Crippen LogP contribution is 2.44. The van der Waals surface area contributed by atoms with Gasteiger partial charge in [0.05, 0.1) is 6.61 Å². The van der Waals surface area contributed by atoms with Crippen molar-refractivity contribution in [2.24, 2.45) is 17.8 Å². The summed E-state index contributed by atoms with van der Waals surface area (Å²) in [5.41, 5.74) is 1.54. The van der Waals surface area contributed by atoms with Crippen LogP contribution in [0, 0.1) is 17.8 Å². The number of hydrogen-bond donors (Lipinski definition) is 0. The number of ether oxygens (including phenoxy) is 1. The van der Waals surface area contributed by atoms with Crippen molar-refractivity contribution in [1.29, 1.82) is 0 Å². The minimum atomic E-state index is 0.784. The summed E-state index contributed by atoms with van der Waals surface area (Å²) < 4.78 is 5.92. The normalized spacial score (nSPS) is 28.2. The Labute approximate surface area is 174 Å². The fourth-order valence-electron chi connectivity index (χ4n) is 5.84. The zero-order chi connectivity index (χ0) is 19.6. The second-order valence-corrected chi connectivity index (χ2v) is 9.66. The lowest BCUT2D eigenvalue weighted by atomic mass is 9.68. The molecule has 0 atom stereocenters. The molecule has 0 N–H and O–H groups in total. The van der Waals surface area contributed by atoms with E-state index in [4.69, 9.17) is 4.74 Å². The predicted octanol–water partition coefficient (Wildman–Crippen LogP) is 8.53. The van der Waals surface area contributed by atoms with E-state index in [1.54, 1.807) is 5.56 Å². The maximum atomic E-state index is 5.92. The molecular formula is C27H44O. The van der Waals surface area contributed by atoms with Gasteiger partial charge in [-0.3, -0.25) is 0 Å². The molecule has 0 aliphatic heterocycles. The van der Waals surface area contributed by atoms with Crippen molar-refractivity contribution in [3.05, 3.63) is 29.8 Å². The molecule has 0 bridgehead atoms. The lowest BCUT2D eigenvalue weighted by Crippen LogP contribution is -2.25. The summed E-state index contributed by atoms with van der Waals surface area (Å²) in [6.45, 7) is 5.47. The summed E-state index contributed by atoms with van der Waals surface area (Å²) in [5, 5.41) is 0. The van der Waals surface area contributed by atoms with E-state index in [1.165, 1.54) is 89.9 Å². The van der Waals surface area contributed by atoms with Crippen LogP contribution < -0.4 is 4.74 Å². The van der Waals surface area contributed by atoms with Gasteiger partial charge in [-0.2, -0.15) is 0 Å². The standard InChI is InChI=1S/C27H44O/c1-3-5-6-7-21-28-27-19-17-26(18-20-27)25-15-13-24(14-16-25)23-11-9-22(8-4-2)10-12-23/h17-20,22-25H,3-16,21H2,1-2H3/t22-,23-,24-,25-. The molecule has 2 aliphatic rings. The Bertz CT molecular complexity index is 518. The lowest BCUT2D eigenvalue weighted by Gasteiger charge is -2.38. The first-order valence-corrected chi connectivity index (χ1v) is 12.5. The van der Waals surface area contributed by atoms with Crippen molar-refractivity contribution in [1.82, 2.24) is 0 Å². The molecule has 3 rings (SSSR count). The van der Waals surface area contributed by atoms with E-state index in [0.29, 0.717) is 0 Å². The van der Waals surface area contributed by atoms with Gasteiger partial charge in [-0.1, -0.05) is 70.9 Å². The molecule has 0 heterocycles. The highest BCUT2D eigenvalue weighted by molar-refractivity contribution is 5.29. The number of hydrogen-bond acceptors (Lipinski definition) is 1. The van der Waals surface area contributed by atoms with Crippen molar-refractivity contribution in [2.75, 3.05) is 6.61 Å². The van der Waals surface area contributed by atoms with Crippen molar-refractivity contribution in [2.45, 2.75) is 110 Å². The summed E-state index contributed by atoms with van der Waals surface area (Å²) in [5.74, 6) is 4.94. The molecule has 0 spiro atoms. The SMILES string of the molecule is CCCCCCOc1ccc([C@H]2CC[C@H]([C@H]3CC[C@H](CCC)CC3)CC2)cc1. The smallest absolute Gasteiger partial charge is 0.119 e. The van der Waals surface area contributed by atoms with Crippen LogP contribution in [0.25, 0.3) is 0 Å². The average Bonchev–Trinajstić information content (AvgIpc) is 2.75. The summed E-state index contributed by atoms with van der Waals surface area (Å²) in [6.07, 6.45) is 19.7. The van der Waals surface area contributed by atoms with Gasteiger partial charge in [-0.05, 0) is 86.3 Å². The van der Waals surface area contributed by atoms with Crippen LogP contribution in [0.1, 0.15) is 115 Å². The minimum Gasteiger partial charge on any atom is -0.494 e. The minimum absolute atomic E-state index is 0.784. The van der Waals surface area contributed by atoms with Crippen LogP contribution in [0.2, 0.25) is 0 Å². The first-order chi connectivity index (χ1) is 13.8. The van der Waals surface area contributed by atoms with Crippen LogP contribution >= 0.6 is 0 Å². The Morgan fingerprint density at radius 3 is 1.96 bits per heavy atom. The fraction of sp³-hybridized carbons (Fsp3) is 0.778. The van der Waals surface area contributed by atoms with Crippen LogP contribution in [0.4, 0.5) is 0 Å². The molecule has 0 unspecified atom stereocenters. The van der Waals surface area contributed by atoms with E-state index in [2.05, 4.69) is 38.1 Å². The van der Waals surface area contributed by atoms with Gasteiger partial charge in [0.15, 0.2) is 0 Å². The van der Waals surface area contributed by atoms with Crippen LogP contribution in [0.15, 0.2) is 24.3 Å². The predicted molar refractivity (Wildman–Crippen MR) is 121 cm³/mol. The average molecular weight is 385 g/mol. The monoisotopic (exact) mass is 384 g/mol. The molecule has 158 valence electrons. The topological polar surface area (TPSA) is 9.23 Å². The molecule has 1 heteroatoms. The number of benzene rings is 1. The second-order valence-electron chi connectivity index (χ2n) is 9.66. The first-order valence-electron chi connectivity index (χ1n) is 12.5. The summed E-state index contributed by atoms with van der Waals surface area (Å²) in [7, 11) is 0. The third kappa shape index (κ3) is 6.53. The highest BCUT2D eigenvalue weighted by atomic mass is 16.5. The van der Waals surface area contributed by atoms with Crippen LogP contribution in [0.3, 0.4) is 0 Å². The Morgan fingerprint density at radius 2 is 1.36 bits per heavy atom. The van der Waals surface area contributed by atoms with Crippen molar-refractivity contribution in [3.63, 3.8) is 0 Å². The van der Waals surface area contributed by atoms with Gasteiger partial charge >= 0.3 is 0 Å². The van der Waals surface area contributed by atoms with Crippen LogP contribution in [-0.2, 0) is 0 Å². The molecule has 0 radical (unpaired) electrons. The molecular weight excluding hydrogens is 340 g/mol. The van der Waals surface area contributed by atoms with E-state index >= 15 is 0 Å². The van der Waals surface area contributed by atoms with E-state index in [1.807, 2.05) is 0 Å². The van der Waals surface area contributed by atoms with Gasteiger partial charge in [0.1, 0.15) is 5.75 Å². The van der Waals surface area contributed by atoms with Gasteiger partial charge in [-0.15, -0.1) is 0 Å². The van der Waals surface area contributed by atoms with Gasteiger partial charge in [0.25, 0.3) is 0 Å². The third-order valence-electron chi connectivity index (χ3n) is 7.64. The van der Waals surface area contributed by atoms with Crippen molar-refractivity contribution >= 4 is 0 Å². The maximum Gasteiger partial charge on any atom is 0.119 e. The van der Waals surface area contributed by atoms with E-state index in [9.17, 15) is 0 Å². The quantitative estimate of drug-likeness (QED) is 0.367. The second kappa shape index (κ2) is 11.9. The zero-order valence-electron chi connectivity index (χ0n) is 18.6. The molecule has 2 saturated carbocycles. The Hall–Kier alpha value is -0.980. The van der Waals surface area contributed by atoms with Crippen LogP contribution in [-0.4, -0.2) is 6.61 Å². The van der Waals surface area contributed by atoms with Crippen molar-refractivity contribution < 1.29 is 4.74 Å². The van der Waals surface area contributed by atoms with E-state index in [0.717, 1.165) is 36.0 Å². The summed E-state index contributed by atoms with van der Waals surface area (Å²) >= 11 is 0. The fourth-order valence-corrected chi connectivity index (χ4v) is 5.84. The molecule has 1 aromatic rings. The molecule has 2 aliphatic carbocycles. The zero-order valence-corrected chi connectivity index (χ0v) is 18.6. The maximum absolute atomic E-state index is 5.92. The van der Waals surface area contributed by atoms with Gasteiger partial charge < -0.3 is 4.74 Å².